The highest BCUT2D eigenvalue weighted by atomic mass is 32.2. The molecule has 2 rings (SSSR count). The summed E-state index contributed by atoms with van der Waals surface area (Å²) in [5.74, 6) is -1.05. The van der Waals surface area contributed by atoms with Crippen molar-refractivity contribution >= 4 is 23.7 Å². The Morgan fingerprint density at radius 2 is 1.08 bits per heavy atom. The third-order valence-electron chi connectivity index (χ3n) is 3.20. The Hall–Kier alpha value is -2.67. The molecule has 0 aliphatic heterocycles. The molecule has 6 nitrogen and oxygen atoms in total. The summed E-state index contributed by atoms with van der Waals surface area (Å²) >= 11 is 1.51. The number of carboxylic acids is 2. The van der Waals surface area contributed by atoms with Crippen molar-refractivity contribution in [2.45, 2.75) is 35.8 Å². The predicted molar refractivity (Wildman–Crippen MR) is 92.5 cm³/mol. The normalized spacial score (nSPS) is 12.9. The lowest BCUT2D eigenvalue weighted by Gasteiger charge is -2.11. The first-order valence-electron chi connectivity index (χ1n) is 7.52. The fourth-order valence-electron chi connectivity index (χ4n) is 1.82. The number of aliphatic carboxylic acids is 2. The third kappa shape index (κ3) is 5.72. The van der Waals surface area contributed by atoms with E-state index in [1.807, 2.05) is 24.3 Å². The second kappa shape index (κ2) is 8.43. The molecule has 2 aromatic rings. The van der Waals surface area contributed by atoms with Gasteiger partial charge in [-0.2, -0.15) is 0 Å². The number of ether oxygens (including phenoxy) is 2. The fourth-order valence-corrected chi connectivity index (χ4v) is 2.63. The van der Waals surface area contributed by atoms with Crippen LogP contribution in [0.2, 0.25) is 0 Å². The maximum absolute atomic E-state index is 10.8. The minimum absolute atomic E-state index is 0.491. The van der Waals surface area contributed by atoms with Crippen molar-refractivity contribution in [1.82, 2.24) is 0 Å². The van der Waals surface area contributed by atoms with E-state index in [0.717, 1.165) is 9.79 Å². The van der Waals surface area contributed by atoms with E-state index in [9.17, 15) is 9.59 Å². The molecule has 0 fully saturated rings. The number of hydrogen-bond acceptors (Lipinski definition) is 5. The molecule has 25 heavy (non-hydrogen) atoms. The Kier molecular flexibility index (Phi) is 6.30. The molecule has 2 atom stereocenters. The van der Waals surface area contributed by atoms with E-state index in [0.29, 0.717) is 11.5 Å². The largest absolute Gasteiger partial charge is 0.479 e. The number of rotatable bonds is 8. The molecule has 2 N–H and O–H groups in total. The lowest BCUT2D eigenvalue weighted by Crippen LogP contribution is -2.22. The highest BCUT2D eigenvalue weighted by molar-refractivity contribution is 7.99. The minimum Gasteiger partial charge on any atom is -0.479 e. The van der Waals surface area contributed by atoms with Crippen LogP contribution in [-0.2, 0) is 9.59 Å². The molecule has 2 aromatic carbocycles. The maximum Gasteiger partial charge on any atom is 0.344 e. The highest BCUT2D eigenvalue weighted by Crippen LogP contribution is 2.30. The van der Waals surface area contributed by atoms with Crippen LogP contribution in [0, 0.1) is 0 Å². The summed E-state index contributed by atoms with van der Waals surface area (Å²) in [5, 5.41) is 17.7. The zero-order chi connectivity index (χ0) is 18.4. The molecule has 0 aliphatic rings. The zero-order valence-electron chi connectivity index (χ0n) is 13.7. The monoisotopic (exact) mass is 362 g/mol. The van der Waals surface area contributed by atoms with Crippen molar-refractivity contribution in [2.75, 3.05) is 0 Å². The molecule has 0 heterocycles. The molecule has 0 aromatic heterocycles. The van der Waals surface area contributed by atoms with E-state index >= 15 is 0 Å². The van der Waals surface area contributed by atoms with Gasteiger partial charge in [-0.15, -0.1) is 0 Å². The Labute approximate surface area is 149 Å². The average Bonchev–Trinajstić information content (AvgIpc) is 2.58. The van der Waals surface area contributed by atoms with E-state index < -0.39 is 24.1 Å². The van der Waals surface area contributed by atoms with Crippen LogP contribution in [0.15, 0.2) is 58.3 Å². The topological polar surface area (TPSA) is 93.1 Å². The standard InChI is InChI=1S/C18H18O6S/c1-11(17(19)20)23-13-3-7-15(8-4-13)25-16-9-5-14(6-10-16)24-12(2)18(21)22/h3-12H,1-2H3,(H,19,20)(H,21,22). The average molecular weight is 362 g/mol. The van der Waals surface area contributed by atoms with E-state index in [1.165, 1.54) is 25.6 Å². The van der Waals surface area contributed by atoms with Gasteiger partial charge in [0, 0.05) is 9.79 Å². The van der Waals surface area contributed by atoms with Gasteiger partial charge in [-0.3, -0.25) is 0 Å². The number of benzene rings is 2. The van der Waals surface area contributed by atoms with Crippen LogP contribution in [0.4, 0.5) is 0 Å². The van der Waals surface area contributed by atoms with E-state index in [4.69, 9.17) is 19.7 Å². The second-order valence-corrected chi connectivity index (χ2v) is 6.39. The minimum atomic E-state index is -1.02. The quantitative estimate of drug-likeness (QED) is 0.742. The first kappa shape index (κ1) is 18.7. The molecule has 2 unspecified atom stereocenters. The van der Waals surface area contributed by atoms with Gasteiger partial charge in [0.05, 0.1) is 0 Å². The fraction of sp³-hybridized carbons (Fsp3) is 0.222. The van der Waals surface area contributed by atoms with Crippen LogP contribution >= 0.6 is 11.8 Å². The Morgan fingerprint density at radius 1 is 0.760 bits per heavy atom. The molecule has 0 spiro atoms. The lowest BCUT2D eigenvalue weighted by atomic mass is 10.3. The van der Waals surface area contributed by atoms with Crippen molar-refractivity contribution < 1.29 is 29.3 Å². The summed E-state index contributed by atoms with van der Waals surface area (Å²) in [6.45, 7) is 2.94. The van der Waals surface area contributed by atoms with Gasteiger partial charge in [-0.25, -0.2) is 9.59 Å². The molecule has 0 saturated carbocycles. The van der Waals surface area contributed by atoms with Crippen molar-refractivity contribution in [3.05, 3.63) is 48.5 Å². The highest BCUT2D eigenvalue weighted by Gasteiger charge is 2.13. The SMILES string of the molecule is CC(Oc1ccc(Sc2ccc(OC(C)C(=O)O)cc2)cc1)C(=O)O. The van der Waals surface area contributed by atoms with Crippen LogP contribution in [0.1, 0.15) is 13.8 Å². The first-order valence-corrected chi connectivity index (χ1v) is 8.33. The summed E-state index contributed by atoms with van der Waals surface area (Å²) < 4.78 is 10.6. The van der Waals surface area contributed by atoms with Gasteiger partial charge in [-0.05, 0) is 62.4 Å². The van der Waals surface area contributed by atoms with E-state index in [-0.39, 0.29) is 0 Å². The van der Waals surface area contributed by atoms with Crippen LogP contribution in [0.25, 0.3) is 0 Å². The lowest BCUT2D eigenvalue weighted by molar-refractivity contribution is -0.145. The third-order valence-corrected chi connectivity index (χ3v) is 4.22. The van der Waals surface area contributed by atoms with Crippen molar-refractivity contribution in [2.24, 2.45) is 0 Å². The number of carboxylic acid groups (broad SMARTS) is 2. The molecule has 0 radical (unpaired) electrons. The number of carbonyl (C=O) groups is 2. The van der Waals surface area contributed by atoms with Gasteiger partial charge >= 0.3 is 11.9 Å². The predicted octanol–water partition coefficient (Wildman–Crippen LogP) is 3.54. The van der Waals surface area contributed by atoms with Crippen molar-refractivity contribution in [1.29, 1.82) is 0 Å². The van der Waals surface area contributed by atoms with E-state index in [2.05, 4.69) is 0 Å². The number of hydrogen-bond donors (Lipinski definition) is 2. The second-order valence-electron chi connectivity index (χ2n) is 5.24. The molecular formula is C18H18O6S. The summed E-state index contributed by atoms with van der Waals surface area (Å²) in [5.41, 5.74) is 0. The van der Waals surface area contributed by atoms with Gasteiger partial charge in [0.1, 0.15) is 11.5 Å². The summed E-state index contributed by atoms with van der Waals surface area (Å²) in [7, 11) is 0. The Morgan fingerprint density at radius 3 is 1.36 bits per heavy atom. The summed E-state index contributed by atoms with van der Waals surface area (Å²) in [4.78, 5) is 23.5. The smallest absolute Gasteiger partial charge is 0.344 e. The molecule has 0 saturated heterocycles. The molecular weight excluding hydrogens is 344 g/mol. The van der Waals surface area contributed by atoms with Crippen LogP contribution in [0.5, 0.6) is 11.5 Å². The molecule has 0 amide bonds. The molecule has 0 aliphatic carbocycles. The van der Waals surface area contributed by atoms with Crippen molar-refractivity contribution in [3.63, 3.8) is 0 Å². The van der Waals surface area contributed by atoms with E-state index in [1.54, 1.807) is 24.3 Å². The first-order chi connectivity index (χ1) is 11.8. The molecule has 0 bridgehead atoms. The summed E-state index contributed by atoms with van der Waals surface area (Å²) in [6.07, 6.45) is -1.81. The molecule has 132 valence electrons. The van der Waals surface area contributed by atoms with Crippen LogP contribution < -0.4 is 9.47 Å². The van der Waals surface area contributed by atoms with Gasteiger partial charge in [0.25, 0.3) is 0 Å². The Bertz CT molecular complexity index is 663. The van der Waals surface area contributed by atoms with Gasteiger partial charge in [-0.1, -0.05) is 11.8 Å². The summed E-state index contributed by atoms with van der Waals surface area (Å²) in [6, 6.07) is 14.2. The van der Waals surface area contributed by atoms with Gasteiger partial charge in [0.2, 0.25) is 0 Å². The van der Waals surface area contributed by atoms with Crippen LogP contribution in [-0.4, -0.2) is 34.4 Å². The Balaban J connectivity index is 1.95. The molecule has 7 heteroatoms. The van der Waals surface area contributed by atoms with Gasteiger partial charge < -0.3 is 19.7 Å². The van der Waals surface area contributed by atoms with Gasteiger partial charge in [0.15, 0.2) is 12.2 Å². The van der Waals surface area contributed by atoms with Crippen LogP contribution in [0.3, 0.4) is 0 Å². The maximum atomic E-state index is 10.8. The van der Waals surface area contributed by atoms with Crippen molar-refractivity contribution in [3.8, 4) is 11.5 Å². The zero-order valence-corrected chi connectivity index (χ0v) is 14.5.